The standard InChI is InChI=1S/C16H24N2O4/c1-9-5-4-6-13(12(9)7-10(2)14(19)20)16(17,18)8-11(3)15(21)22/h4-6,10-11H,7-8,17-18H2,1-3H3,(H,19,20)(H,21,22). The molecule has 0 aliphatic carbocycles. The summed E-state index contributed by atoms with van der Waals surface area (Å²) in [6.07, 6.45) is 0.370. The van der Waals surface area contributed by atoms with Crippen LogP contribution in [0.1, 0.15) is 37.0 Å². The van der Waals surface area contributed by atoms with Gasteiger partial charge in [0, 0.05) is 0 Å². The molecule has 0 aromatic heterocycles. The van der Waals surface area contributed by atoms with Gasteiger partial charge in [0.1, 0.15) is 0 Å². The normalized spacial score (nSPS) is 14.4. The number of rotatable bonds is 7. The van der Waals surface area contributed by atoms with Crippen LogP contribution in [0.2, 0.25) is 0 Å². The van der Waals surface area contributed by atoms with Crippen molar-refractivity contribution >= 4 is 11.9 Å². The summed E-state index contributed by atoms with van der Waals surface area (Å²) in [5.74, 6) is -3.13. The van der Waals surface area contributed by atoms with Crippen LogP contribution in [0.5, 0.6) is 0 Å². The number of benzene rings is 1. The molecule has 2 atom stereocenters. The fourth-order valence-electron chi connectivity index (χ4n) is 2.51. The van der Waals surface area contributed by atoms with Gasteiger partial charge in [-0.05, 0) is 36.5 Å². The van der Waals surface area contributed by atoms with Gasteiger partial charge in [-0.15, -0.1) is 0 Å². The number of carbonyl (C=O) groups is 2. The van der Waals surface area contributed by atoms with E-state index < -0.39 is 29.4 Å². The zero-order chi connectivity index (χ0) is 17.1. The zero-order valence-corrected chi connectivity index (χ0v) is 13.2. The number of hydrogen-bond acceptors (Lipinski definition) is 4. The maximum absolute atomic E-state index is 11.1. The summed E-state index contributed by atoms with van der Waals surface area (Å²) < 4.78 is 0. The molecule has 122 valence electrons. The summed E-state index contributed by atoms with van der Waals surface area (Å²) in [6, 6.07) is 5.40. The Labute approximate surface area is 130 Å². The molecule has 0 saturated heterocycles. The highest BCUT2D eigenvalue weighted by atomic mass is 16.4. The first-order valence-corrected chi connectivity index (χ1v) is 7.18. The Morgan fingerprint density at radius 3 is 2.18 bits per heavy atom. The number of carboxylic acid groups (broad SMARTS) is 2. The Kier molecular flexibility index (Phi) is 5.68. The van der Waals surface area contributed by atoms with Crippen LogP contribution in [0.15, 0.2) is 18.2 Å². The molecule has 0 spiro atoms. The van der Waals surface area contributed by atoms with Gasteiger partial charge in [0.15, 0.2) is 0 Å². The molecular formula is C16H24N2O4. The van der Waals surface area contributed by atoms with Gasteiger partial charge in [0.2, 0.25) is 0 Å². The van der Waals surface area contributed by atoms with E-state index in [-0.39, 0.29) is 6.42 Å². The van der Waals surface area contributed by atoms with Crippen molar-refractivity contribution in [3.05, 3.63) is 34.9 Å². The maximum Gasteiger partial charge on any atom is 0.306 e. The lowest BCUT2D eigenvalue weighted by molar-refractivity contribution is -0.142. The molecule has 22 heavy (non-hydrogen) atoms. The average molecular weight is 308 g/mol. The third kappa shape index (κ3) is 4.29. The molecule has 1 aromatic rings. The van der Waals surface area contributed by atoms with Crippen molar-refractivity contribution < 1.29 is 19.8 Å². The molecule has 6 nitrogen and oxygen atoms in total. The first-order valence-electron chi connectivity index (χ1n) is 7.18. The van der Waals surface area contributed by atoms with E-state index in [1.54, 1.807) is 26.0 Å². The van der Waals surface area contributed by atoms with Crippen LogP contribution in [-0.2, 0) is 21.7 Å². The summed E-state index contributed by atoms with van der Waals surface area (Å²) in [7, 11) is 0. The maximum atomic E-state index is 11.1. The molecule has 0 radical (unpaired) electrons. The number of nitrogens with two attached hydrogens (primary N) is 2. The minimum Gasteiger partial charge on any atom is -0.481 e. The van der Waals surface area contributed by atoms with Gasteiger partial charge < -0.3 is 21.7 Å². The van der Waals surface area contributed by atoms with Crippen LogP contribution in [0.3, 0.4) is 0 Å². The van der Waals surface area contributed by atoms with Gasteiger partial charge in [-0.3, -0.25) is 9.59 Å². The molecule has 1 aromatic carbocycles. The Bertz CT molecular complexity index is 569. The summed E-state index contributed by atoms with van der Waals surface area (Å²) in [5, 5.41) is 18.2. The van der Waals surface area contributed by atoms with E-state index in [2.05, 4.69) is 0 Å². The summed E-state index contributed by atoms with van der Waals surface area (Å²) in [6.45, 7) is 5.03. The average Bonchev–Trinajstić information content (AvgIpc) is 2.39. The molecule has 6 heteroatoms. The largest absolute Gasteiger partial charge is 0.481 e. The molecule has 2 unspecified atom stereocenters. The van der Waals surface area contributed by atoms with Gasteiger partial charge in [0.25, 0.3) is 0 Å². The fraction of sp³-hybridized carbons (Fsp3) is 0.500. The lowest BCUT2D eigenvalue weighted by atomic mass is 9.83. The van der Waals surface area contributed by atoms with E-state index in [4.69, 9.17) is 21.7 Å². The SMILES string of the molecule is Cc1cccc(C(N)(N)CC(C)C(=O)O)c1CC(C)C(=O)O. The first-order chi connectivity index (χ1) is 10.1. The molecule has 0 fully saturated rings. The Morgan fingerprint density at radius 2 is 1.68 bits per heavy atom. The quantitative estimate of drug-likeness (QED) is 0.564. The molecule has 0 aliphatic heterocycles. The monoisotopic (exact) mass is 308 g/mol. The van der Waals surface area contributed by atoms with Crippen LogP contribution in [-0.4, -0.2) is 22.2 Å². The second kappa shape index (κ2) is 6.89. The Morgan fingerprint density at radius 1 is 1.14 bits per heavy atom. The molecule has 0 bridgehead atoms. The minimum absolute atomic E-state index is 0.0697. The molecule has 6 N–H and O–H groups in total. The van der Waals surface area contributed by atoms with E-state index in [1.807, 2.05) is 13.0 Å². The molecule has 1 rings (SSSR count). The second-order valence-electron chi connectivity index (χ2n) is 6.03. The molecule has 0 aliphatic rings. The van der Waals surface area contributed by atoms with E-state index in [0.717, 1.165) is 11.1 Å². The van der Waals surface area contributed by atoms with Gasteiger partial charge in [-0.25, -0.2) is 0 Å². The number of carboxylic acids is 2. The first kappa shape index (κ1) is 18.1. The van der Waals surface area contributed by atoms with Crippen molar-refractivity contribution in [2.75, 3.05) is 0 Å². The lowest BCUT2D eigenvalue weighted by Crippen LogP contribution is -2.49. The van der Waals surface area contributed by atoms with Crippen molar-refractivity contribution in [1.82, 2.24) is 0 Å². The number of aryl methyl sites for hydroxylation is 1. The molecule has 0 saturated carbocycles. The minimum atomic E-state index is -1.32. The second-order valence-corrected chi connectivity index (χ2v) is 6.03. The van der Waals surface area contributed by atoms with Gasteiger partial charge in [0.05, 0.1) is 17.5 Å². The van der Waals surface area contributed by atoms with Crippen LogP contribution in [0.25, 0.3) is 0 Å². The predicted molar refractivity (Wildman–Crippen MR) is 83.2 cm³/mol. The van der Waals surface area contributed by atoms with Gasteiger partial charge >= 0.3 is 11.9 Å². The Balaban J connectivity index is 3.20. The highest BCUT2D eigenvalue weighted by Gasteiger charge is 2.31. The number of hydrogen-bond donors (Lipinski definition) is 4. The summed E-state index contributed by atoms with van der Waals surface area (Å²) in [5.41, 5.74) is 13.3. The molecule has 0 heterocycles. The van der Waals surface area contributed by atoms with E-state index in [9.17, 15) is 9.59 Å². The predicted octanol–water partition coefficient (Wildman–Crippen LogP) is 1.44. The topological polar surface area (TPSA) is 127 Å². The van der Waals surface area contributed by atoms with Crippen LogP contribution in [0.4, 0.5) is 0 Å². The summed E-state index contributed by atoms with van der Waals surface area (Å²) in [4.78, 5) is 22.1. The molecule has 0 amide bonds. The van der Waals surface area contributed by atoms with Crippen molar-refractivity contribution in [1.29, 1.82) is 0 Å². The van der Waals surface area contributed by atoms with Crippen LogP contribution < -0.4 is 11.5 Å². The highest BCUT2D eigenvalue weighted by molar-refractivity contribution is 5.70. The van der Waals surface area contributed by atoms with E-state index in [1.165, 1.54) is 0 Å². The Hall–Kier alpha value is -1.92. The lowest BCUT2D eigenvalue weighted by Gasteiger charge is -2.30. The van der Waals surface area contributed by atoms with Crippen molar-refractivity contribution in [3.63, 3.8) is 0 Å². The third-order valence-electron chi connectivity index (χ3n) is 3.91. The highest BCUT2D eigenvalue weighted by Crippen LogP contribution is 2.28. The van der Waals surface area contributed by atoms with Crippen molar-refractivity contribution in [2.45, 2.75) is 39.3 Å². The zero-order valence-electron chi connectivity index (χ0n) is 13.2. The third-order valence-corrected chi connectivity index (χ3v) is 3.91. The van der Waals surface area contributed by atoms with E-state index >= 15 is 0 Å². The van der Waals surface area contributed by atoms with Crippen molar-refractivity contribution in [2.24, 2.45) is 23.3 Å². The fourth-order valence-corrected chi connectivity index (χ4v) is 2.51. The summed E-state index contributed by atoms with van der Waals surface area (Å²) >= 11 is 0. The molecular weight excluding hydrogens is 284 g/mol. The van der Waals surface area contributed by atoms with Crippen molar-refractivity contribution in [3.8, 4) is 0 Å². The number of aliphatic carboxylic acids is 2. The van der Waals surface area contributed by atoms with Gasteiger partial charge in [-0.1, -0.05) is 32.0 Å². The van der Waals surface area contributed by atoms with Crippen LogP contribution >= 0.6 is 0 Å². The smallest absolute Gasteiger partial charge is 0.306 e. The van der Waals surface area contributed by atoms with Crippen LogP contribution in [0, 0.1) is 18.8 Å². The van der Waals surface area contributed by atoms with Gasteiger partial charge in [-0.2, -0.15) is 0 Å². The van der Waals surface area contributed by atoms with E-state index in [0.29, 0.717) is 12.0 Å².